The van der Waals surface area contributed by atoms with E-state index in [0.717, 1.165) is 15.7 Å². The van der Waals surface area contributed by atoms with Crippen LogP contribution in [-0.4, -0.2) is 20.1 Å². The molecule has 2 aromatic heterocycles. The number of nitrogens with one attached hydrogen (secondary N) is 1. The first-order valence-corrected chi connectivity index (χ1v) is 7.30. The summed E-state index contributed by atoms with van der Waals surface area (Å²) in [6.07, 6.45) is 4.53. The summed E-state index contributed by atoms with van der Waals surface area (Å²) in [6.45, 7) is 0. The van der Waals surface area contributed by atoms with Crippen LogP contribution in [0.15, 0.2) is 45.8 Å². The molecular weight excluding hydrogens is 334 g/mol. The van der Waals surface area contributed by atoms with Crippen LogP contribution < -0.4 is 5.73 Å². The first-order chi connectivity index (χ1) is 10.2. The van der Waals surface area contributed by atoms with Gasteiger partial charge >= 0.3 is 0 Å². The van der Waals surface area contributed by atoms with Crippen LogP contribution in [-0.2, 0) is 12.8 Å². The van der Waals surface area contributed by atoms with E-state index in [1.807, 2.05) is 24.3 Å². The Balaban J connectivity index is 1.70. The summed E-state index contributed by atoms with van der Waals surface area (Å²) in [5, 5.41) is 3.99. The van der Waals surface area contributed by atoms with Crippen LogP contribution in [0.25, 0.3) is 0 Å². The van der Waals surface area contributed by atoms with Gasteiger partial charge in [0.2, 0.25) is 5.89 Å². The molecule has 0 saturated carbocycles. The number of halogens is 1. The molecule has 3 N–H and O–H groups in total. The van der Waals surface area contributed by atoms with Gasteiger partial charge in [-0.3, -0.25) is 0 Å². The second-order valence-corrected chi connectivity index (χ2v) is 5.56. The minimum absolute atomic E-state index is 0.342. The third kappa shape index (κ3) is 3.37. The van der Waals surface area contributed by atoms with Crippen molar-refractivity contribution in [3.05, 3.63) is 64.2 Å². The molecule has 3 aromatic rings. The topological polar surface area (TPSA) is 93.6 Å². The summed E-state index contributed by atoms with van der Waals surface area (Å²) in [5.74, 6) is 1.06. The zero-order valence-corrected chi connectivity index (χ0v) is 12.7. The molecule has 1 atom stereocenters. The van der Waals surface area contributed by atoms with E-state index in [2.05, 4.69) is 36.0 Å². The third-order valence-corrected chi connectivity index (χ3v) is 3.88. The maximum atomic E-state index is 6.07. The zero-order valence-electron chi connectivity index (χ0n) is 11.2. The smallest absolute Gasteiger partial charge is 0.243 e. The molecule has 0 bridgehead atoms. The van der Waals surface area contributed by atoms with Crippen molar-refractivity contribution in [2.24, 2.45) is 5.73 Å². The molecule has 1 aromatic carbocycles. The first-order valence-electron chi connectivity index (χ1n) is 6.51. The maximum absolute atomic E-state index is 6.07. The molecule has 2 heterocycles. The lowest BCUT2D eigenvalue weighted by Gasteiger charge is -2.03. The minimum Gasteiger partial charge on any atom is -0.348 e. The molecular formula is C14H14BrN5O. The van der Waals surface area contributed by atoms with Gasteiger partial charge in [-0.05, 0) is 11.6 Å². The fourth-order valence-corrected chi connectivity index (χ4v) is 2.45. The van der Waals surface area contributed by atoms with Crippen LogP contribution in [0.4, 0.5) is 0 Å². The van der Waals surface area contributed by atoms with Gasteiger partial charge in [0.15, 0.2) is 5.82 Å². The highest BCUT2D eigenvalue weighted by Gasteiger charge is 2.16. The Morgan fingerprint density at radius 3 is 2.95 bits per heavy atom. The van der Waals surface area contributed by atoms with Crippen molar-refractivity contribution >= 4 is 15.9 Å². The van der Waals surface area contributed by atoms with Gasteiger partial charge in [-0.15, -0.1) is 0 Å². The van der Waals surface area contributed by atoms with Gasteiger partial charge in [-0.25, -0.2) is 4.98 Å². The molecule has 0 saturated heterocycles. The predicted molar refractivity (Wildman–Crippen MR) is 80.5 cm³/mol. The molecule has 6 nitrogen and oxygen atoms in total. The Morgan fingerprint density at radius 2 is 2.19 bits per heavy atom. The number of benzene rings is 1. The van der Waals surface area contributed by atoms with Crippen LogP contribution >= 0.6 is 15.9 Å². The van der Waals surface area contributed by atoms with Crippen LogP contribution in [0.3, 0.4) is 0 Å². The van der Waals surface area contributed by atoms with E-state index in [1.54, 1.807) is 12.5 Å². The van der Waals surface area contributed by atoms with Crippen molar-refractivity contribution < 1.29 is 4.52 Å². The van der Waals surface area contributed by atoms with E-state index in [9.17, 15) is 0 Å². The minimum atomic E-state index is -0.342. The number of nitrogens with two attached hydrogens (primary N) is 1. The average Bonchev–Trinajstić information content (AvgIpc) is 3.13. The molecule has 0 aliphatic heterocycles. The van der Waals surface area contributed by atoms with Gasteiger partial charge in [0.1, 0.15) is 0 Å². The molecule has 0 fully saturated rings. The quantitative estimate of drug-likeness (QED) is 0.738. The zero-order chi connectivity index (χ0) is 14.7. The average molecular weight is 348 g/mol. The van der Waals surface area contributed by atoms with Crippen molar-refractivity contribution in [2.45, 2.75) is 18.9 Å². The highest BCUT2D eigenvalue weighted by molar-refractivity contribution is 9.10. The van der Waals surface area contributed by atoms with Gasteiger partial charge in [0, 0.05) is 29.2 Å². The second kappa shape index (κ2) is 6.19. The summed E-state index contributed by atoms with van der Waals surface area (Å²) < 4.78 is 6.28. The summed E-state index contributed by atoms with van der Waals surface area (Å²) >= 11 is 3.51. The molecule has 0 radical (unpaired) electrons. The Kier molecular flexibility index (Phi) is 4.12. The third-order valence-electron chi connectivity index (χ3n) is 3.10. The number of H-pyrrole nitrogens is 1. The lowest BCUT2D eigenvalue weighted by Crippen LogP contribution is -2.14. The number of rotatable bonds is 5. The fraction of sp³-hybridized carbons (Fsp3) is 0.214. The van der Waals surface area contributed by atoms with E-state index < -0.39 is 0 Å². The highest BCUT2D eigenvalue weighted by Crippen LogP contribution is 2.19. The molecule has 3 rings (SSSR count). The van der Waals surface area contributed by atoms with E-state index in [0.29, 0.717) is 24.6 Å². The van der Waals surface area contributed by atoms with Crippen molar-refractivity contribution in [3.8, 4) is 0 Å². The SMILES string of the molecule is N[C@H](Cc1cnc[nH]1)c1nc(Cc2ccccc2Br)no1. The van der Waals surface area contributed by atoms with E-state index in [1.165, 1.54) is 0 Å². The van der Waals surface area contributed by atoms with E-state index >= 15 is 0 Å². The Morgan fingerprint density at radius 1 is 1.33 bits per heavy atom. The summed E-state index contributed by atoms with van der Waals surface area (Å²) in [5.41, 5.74) is 8.11. The van der Waals surface area contributed by atoms with Crippen molar-refractivity contribution in [2.75, 3.05) is 0 Å². The first kappa shape index (κ1) is 14.0. The fourth-order valence-electron chi connectivity index (χ4n) is 2.02. The monoisotopic (exact) mass is 347 g/mol. The van der Waals surface area contributed by atoms with Gasteiger partial charge in [0.05, 0.1) is 12.4 Å². The lowest BCUT2D eigenvalue weighted by molar-refractivity contribution is 0.350. The van der Waals surface area contributed by atoms with Crippen molar-refractivity contribution in [1.29, 1.82) is 0 Å². The molecule has 0 spiro atoms. The number of nitrogens with zero attached hydrogens (tertiary/aromatic N) is 3. The molecule has 21 heavy (non-hydrogen) atoms. The van der Waals surface area contributed by atoms with Crippen molar-refractivity contribution in [3.63, 3.8) is 0 Å². The highest BCUT2D eigenvalue weighted by atomic mass is 79.9. The molecule has 0 aliphatic carbocycles. The number of hydrogen-bond acceptors (Lipinski definition) is 5. The summed E-state index contributed by atoms with van der Waals surface area (Å²) in [4.78, 5) is 11.3. The standard InChI is InChI=1S/C14H14BrN5O/c15-11-4-2-1-3-9(11)5-13-19-14(21-20-13)12(16)6-10-7-17-8-18-10/h1-4,7-8,12H,5-6,16H2,(H,17,18)/t12-/m1/s1. The van der Waals surface area contributed by atoms with Gasteiger partial charge in [-0.1, -0.05) is 39.3 Å². The molecule has 7 heteroatoms. The van der Waals surface area contributed by atoms with Gasteiger partial charge < -0.3 is 15.2 Å². The Bertz CT molecular complexity index is 710. The molecule has 0 unspecified atom stereocenters. The summed E-state index contributed by atoms with van der Waals surface area (Å²) in [7, 11) is 0. The van der Waals surface area contributed by atoms with Crippen LogP contribution in [0.5, 0.6) is 0 Å². The predicted octanol–water partition coefficient (Wildman–Crippen LogP) is 2.39. The number of aromatic amines is 1. The van der Waals surface area contributed by atoms with Gasteiger partial charge in [-0.2, -0.15) is 4.98 Å². The summed E-state index contributed by atoms with van der Waals surface area (Å²) in [6, 6.07) is 7.61. The number of imidazole rings is 1. The lowest BCUT2D eigenvalue weighted by atomic mass is 10.1. The van der Waals surface area contributed by atoms with Crippen LogP contribution in [0, 0.1) is 0 Å². The molecule has 0 aliphatic rings. The van der Waals surface area contributed by atoms with Crippen molar-refractivity contribution in [1.82, 2.24) is 20.1 Å². The Labute approximate surface area is 129 Å². The van der Waals surface area contributed by atoms with E-state index in [-0.39, 0.29) is 6.04 Å². The van der Waals surface area contributed by atoms with Crippen LogP contribution in [0.1, 0.15) is 29.0 Å². The Hall–Kier alpha value is -1.99. The normalized spacial score (nSPS) is 12.5. The maximum Gasteiger partial charge on any atom is 0.243 e. The van der Waals surface area contributed by atoms with E-state index in [4.69, 9.17) is 10.3 Å². The molecule has 108 valence electrons. The number of hydrogen-bond donors (Lipinski definition) is 2. The molecule has 0 amide bonds. The number of aromatic nitrogens is 4. The van der Waals surface area contributed by atoms with Gasteiger partial charge in [0.25, 0.3) is 0 Å². The second-order valence-electron chi connectivity index (χ2n) is 4.70. The van der Waals surface area contributed by atoms with Crippen LogP contribution in [0.2, 0.25) is 0 Å². The largest absolute Gasteiger partial charge is 0.348 e.